The Labute approximate surface area is 170 Å². The van der Waals surface area contributed by atoms with E-state index in [1.165, 1.54) is 11.1 Å². The van der Waals surface area contributed by atoms with Crippen molar-refractivity contribution in [3.8, 4) is 0 Å². The van der Waals surface area contributed by atoms with Crippen molar-refractivity contribution in [2.45, 2.75) is 12.8 Å². The summed E-state index contributed by atoms with van der Waals surface area (Å²) in [7, 11) is -0.611. The van der Waals surface area contributed by atoms with Gasteiger partial charge in [-0.3, -0.25) is 14.2 Å². The molecular formula is C14H18ClN2NaORuS. The molecule has 0 N–H and O–H groups in total. The van der Waals surface area contributed by atoms with Crippen molar-refractivity contribution in [3.63, 3.8) is 0 Å². The van der Waals surface area contributed by atoms with Crippen LogP contribution in [0.4, 0.5) is 0 Å². The molecule has 0 fully saturated rings. The molecule has 2 heterocycles. The van der Waals surface area contributed by atoms with Crippen molar-refractivity contribution >= 4 is 10.8 Å². The standard InChI is InChI=1S/C12H12N2.C2H6OS.ClH.Na.Ru/c1(11-3-7-13-8-4-11)2-12-5-9-14-10-6-12;1-4(2)3;;;/h3-10H,1-2H2;1-2H3;1H;;/q;;;+1;/p-1. The second-order valence-corrected chi connectivity index (χ2v) is 5.44. The van der Waals surface area contributed by atoms with Crippen LogP contribution in [0.25, 0.3) is 0 Å². The molecule has 0 aliphatic rings. The minimum absolute atomic E-state index is 0. The molecule has 0 unspecified atom stereocenters. The zero-order chi connectivity index (χ0) is 13.2. The molecule has 0 aliphatic carbocycles. The van der Waals surface area contributed by atoms with Crippen molar-refractivity contribution in [2.75, 3.05) is 12.5 Å². The third-order valence-corrected chi connectivity index (χ3v) is 2.20. The van der Waals surface area contributed by atoms with Crippen LogP contribution in [0.15, 0.2) is 49.1 Å². The number of halogens is 1. The number of aryl methyl sites for hydroxylation is 2. The first-order valence-corrected chi connectivity index (χ1v) is 7.68. The molecular weight excluding hydrogens is 404 g/mol. The third kappa shape index (κ3) is 15.0. The molecule has 21 heavy (non-hydrogen) atoms. The van der Waals surface area contributed by atoms with Gasteiger partial charge in [0, 0.05) is 67.6 Å². The van der Waals surface area contributed by atoms with Crippen LogP contribution in [0.2, 0.25) is 0 Å². The molecule has 2 rings (SSSR count). The zero-order valence-electron chi connectivity index (χ0n) is 12.5. The van der Waals surface area contributed by atoms with E-state index in [2.05, 4.69) is 34.2 Å². The van der Waals surface area contributed by atoms with Gasteiger partial charge in [0.05, 0.1) is 0 Å². The number of hydrogen-bond acceptors (Lipinski definition) is 3. The largest absolute Gasteiger partial charge is 1.00 e. The molecule has 0 aliphatic heterocycles. The number of hydrogen-bond donors (Lipinski definition) is 0. The summed E-state index contributed by atoms with van der Waals surface area (Å²) in [5.41, 5.74) is 2.66. The van der Waals surface area contributed by atoms with Gasteiger partial charge in [0.25, 0.3) is 0 Å². The van der Waals surface area contributed by atoms with Crippen molar-refractivity contribution in [1.82, 2.24) is 9.97 Å². The van der Waals surface area contributed by atoms with Crippen molar-refractivity contribution in [1.29, 1.82) is 0 Å². The molecule has 3 nitrogen and oxygen atoms in total. The first-order valence-electron chi connectivity index (χ1n) is 5.71. The second-order valence-electron chi connectivity index (χ2n) is 3.95. The van der Waals surface area contributed by atoms with Crippen LogP contribution < -0.4 is 42.0 Å². The van der Waals surface area contributed by atoms with Crippen LogP contribution >= 0.6 is 0 Å². The Morgan fingerprint density at radius 1 is 0.857 bits per heavy atom. The Morgan fingerprint density at radius 2 is 1.10 bits per heavy atom. The predicted octanol–water partition coefficient (Wildman–Crippen LogP) is -3.74. The van der Waals surface area contributed by atoms with E-state index < -0.39 is 10.8 Å². The maximum absolute atomic E-state index is 9.56. The van der Waals surface area contributed by atoms with Crippen LogP contribution in [0.5, 0.6) is 0 Å². The van der Waals surface area contributed by atoms with Crippen molar-refractivity contribution in [3.05, 3.63) is 60.2 Å². The minimum atomic E-state index is -0.611. The van der Waals surface area contributed by atoms with Gasteiger partial charge in [0.2, 0.25) is 0 Å². The van der Waals surface area contributed by atoms with E-state index in [0.717, 1.165) is 12.8 Å². The van der Waals surface area contributed by atoms with E-state index in [-0.39, 0.29) is 61.4 Å². The molecule has 112 valence electrons. The van der Waals surface area contributed by atoms with Gasteiger partial charge in [-0.2, -0.15) is 0 Å². The fourth-order valence-corrected chi connectivity index (χ4v) is 1.39. The molecule has 0 amide bonds. The van der Waals surface area contributed by atoms with Gasteiger partial charge in [-0.1, -0.05) is 0 Å². The monoisotopic (exact) mass is 422 g/mol. The van der Waals surface area contributed by atoms with Gasteiger partial charge < -0.3 is 12.4 Å². The summed E-state index contributed by atoms with van der Waals surface area (Å²) in [5.74, 6) is 0. The van der Waals surface area contributed by atoms with Crippen LogP contribution in [0.3, 0.4) is 0 Å². The van der Waals surface area contributed by atoms with Crippen molar-refractivity contribution in [2.24, 2.45) is 0 Å². The van der Waals surface area contributed by atoms with Gasteiger partial charge in [-0.05, 0) is 48.2 Å². The molecule has 0 spiro atoms. The maximum atomic E-state index is 9.56. The zero-order valence-corrected chi connectivity index (χ0v) is 17.8. The van der Waals surface area contributed by atoms with Gasteiger partial charge >= 0.3 is 29.6 Å². The van der Waals surface area contributed by atoms with E-state index in [4.69, 9.17) is 0 Å². The summed E-state index contributed by atoms with van der Waals surface area (Å²) in [6, 6.07) is 8.23. The number of pyridine rings is 2. The third-order valence-electron chi connectivity index (χ3n) is 2.20. The molecule has 0 saturated carbocycles. The average Bonchev–Trinajstić information content (AvgIpc) is 2.38. The summed E-state index contributed by atoms with van der Waals surface area (Å²) in [4.78, 5) is 7.98. The second kappa shape index (κ2) is 16.7. The number of nitrogens with zero attached hydrogens (tertiary/aromatic N) is 2. The fraction of sp³-hybridized carbons (Fsp3) is 0.286. The smallest absolute Gasteiger partial charge is 1.00 e. The Morgan fingerprint density at radius 3 is 1.33 bits per heavy atom. The molecule has 2 aromatic heterocycles. The Hall–Kier alpha value is 0.363. The van der Waals surface area contributed by atoms with Gasteiger partial charge in [0.15, 0.2) is 0 Å². The SMILES string of the molecule is CS(C)=O.[Cl-].[Na+].[Ru].c1cc(CCc2ccncc2)ccn1. The summed E-state index contributed by atoms with van der Waals surface area (Å²) >= 11 is 0. The van der Waals surface area contributed by atoms with E-state index in [1.54, 1.807) is 12.5 Å². The van der Waals surface area contributed by atoms with E-state index >= 15 is 0 Å². The van der Waals surface area contributed by atoms with Gasteiger partial charge in [-0.25, -0.2) is 0 Å². The Balaban J connectivity index is -0.000000417. The molecule has 0 radical (unpaired) electrons. The average molecular weight is 422 g/mol. The maximum Gasteiger partial charge on any atom is 1.00 e. The Kier molecular flexibility index (Phi) is 20.9. The molecule has 7 heteroatoms. The first-order chi connectivity index (χ1) is 8.68. The number of aromatic nitrogens is 2. The summed E-state index contributed by atoms with van der Waals surface area (Å²) in [5, 5.41) is 0. The molecule has 2 aromatic rings. The number of rotatable bonds is 3. The van der Waals surface area contributed by atoms with Gasteiger partial charge in [0.1, 0.15) is 0 Å². The quantitative estimate of drug-likeness (QED) is 0.479. The van der Waals surface area contributed by atoms with Crippen LogP contribution in [0, 0.1) is 0 Å². The van der Waals surface area contributed by atoms with E-state index in [1.807, 2.05) is 24.8 Å². The van der Waals surface area contributed by atoms with Crippen LogP contribution in [-0.2, 0) is 43.1 Å². The van der Waals surface area contributed by atoms with Crippen molar-refractivity contribution < 1.29 is 65.7 Å². The molecule has 0 saturated heterocycles. The fourth-order valence-electron chi connectivity index (χ4n) is 1.39. The predicted molar refractivity (Wildman–Crippen MR) is 75.9 cm³/mol. The molecule has 0 bridgehead atoms. The summed E-state index contributed by atoms with van der Waals surface area (Å²) in [6.45, 7) is 0. The summed E-state index contributed by atoms with van der Waals surface area (Å²) in [6.07, 6.45) is 12.7. The topological polar surface area (TPSA) is 42.9 Å². The van der Waals surface area contributed by atoms with E-state index in [9.17, 15) is 4.21 Å². The molecule has 0 atom stereocenters. The minimum Gasteiger partial charge on any atom is -1.00 e. The normalized spacial score (nSPS) is 8.33. The Bertz CT molecular complexity index is 433. The first kappa shape index (κ1) is 26.3. The van der Waals surface area contributed by atoms with Gasteiger partial charge in [-0.15, -0.1) is 0 Å². The summed E-state index contributed by atoms with van der Waals surface area (Å²) < 4.78 is 9.56. The molecule has 0 aromatic carbocycles. The van der Waals surface area contributed by atoms with E-state index in [0.29, 0.717) is 0 Å². The van der Waals surface area contributed by atoms with Crippen LogP contribution in [0.1, 0.15) is 11.1 Å². The van der Waals surface area contributed by atoms with Crippen LogP contribution in [-0.4, -0.2) is 26.7 Å².